The molecule has 6 heterocycles. The predicted molar refractivity (Wildman–Crippen MR) is 149 cm³/mol. The fraction of sp³-hybridized carbons (Fsp3) is 0.464. The minimum atomic E-state index is -2.86. The predicted octanol–water partition coefficient (Wildman–Crippen LogP) is 4.79. The topological polar surface area (TPSA) is 129 Å². The molecule has 2 aliphatic rings. The number of hydrogen-bond donors (Lipinski definition) is 2. The summed E-state index contributed by atoms with van der Waals surface area (Å²) in [7, 11) is 1.63. The van der Waals surface area contributed by atoms with Gasteiger partial charge in [0, 0.05) is 30.1 Å². The summed E-state index contributed by atoms with van der Waals surface area (Å²) in [6, 6.07) is 1.54. The van der Waals surface area contributed by atoms with Gasteiger partial charge in [0.15, 0.2) is 28.6 Å². The van der Waals surface area contributed by atoms with Crippen molar-refractivity contribution < 1.29 is 23.4 Å². The Kier molecular flexibility index (Phi) is 6.17. The maximum absolute atomic E-state index is 14.6. The average Bonchev–Trinajstić information content (AvgIpc) is 3.22. The van der Waals surface area contributed by atoms with Crippen LogP contribution in [0.2, 0.25) is 0 Å². The molecule has 0 spiro atoms. The highest BCUT2D eigenvalue weighted by molar-refractivity contribution is 5.81. The van der Waals surface area contributed by atoms with E-state index in [4.69, 9.17) is 14.6 Å². The van der Waals surface area contributed by atoms with Gasteiger partial charge in [0.05, 0.1) is 43.6 Å². The van der Waals surface area contributed by atoms with E-state index in [1.54, 1.807) is 24.1 Å². The monoisotopic (exact) mass is 579 g/mol. The lowest BCUT2D eigenvalue weighted by atomic mass is 9.91. The fourth-order valence-corrected chi connectivity index (χ4v) is 5.44. The molecule has 42 heavy (non-hydrogen) atoms. The summed E-state index contributed by atoms with van der Waals surface area (Å²) in [5, 5.41) is 18.3. The lowest BCUT2D eigenvalue weighted by molar-refractivity contribution is 0.117. The number of halogens is 2. The van der Waals surface area contributed by atoms with Crippen LogP contribution in [-0.2, 0) is 17.2 Å². The number of imidazole rings is 2. The van der Waals surface area contributed by atoms with Gasteiger partial charge in [0.25, 0.3) is 6.43 Å². The third-order valence-electron chi connectivity index (χ3n) is 7.76. The molecule has 5 aromatic heterocycles. The molecule has 0 radical (unpaired) electrons. The van der Waals surface area contributed by atoms with Gasteiger partial charge in [-0.05, 0) is 12.8 Å². The zero-order valence-electron chi connectivity index (χ0n) is 23.6. The summed E-state index contributed by atoms with van der Waals surface area (Å²) in [4.78, 5) is 17.7. The standard InChI is InChI=1S/C28H31F2N9O3/c1-28(2,3)19-7-20(36-39(19)16-12-41-13-17(16)40)34-27-35-25-23(37(27)4)22(24(29)30)18(9-32-25)42-15-8-31-21-10-33-26(14-5-6-14)38(21)11-15/h7-11,14,16-17,24,40H,5-6,12-13H2,1-4H3,(H,32,34,35,36)/t16-,17-/m0/s1. The maximum atomic E-state index is 14.6. The molecule has 220 valence electrons. The molecule has 12 nitrogen and oxygen atoms in total. The van der Waals surface area contributed by atoms with Gasteiger partial charge in [-0.1, -0.05) is 20.8 Å². The van der Waals surface area contributed by atoms with E-state index in [9.17, 15) is 13.9 Å². The van der Waals surface area contributed by atoms with Gasteiger partial charge in [0.1, 0.15) is 23.5 Å². The van der Waals surface area contributed by atoms with Gasteiger partial charge in [0.2, 0.25) is 5.95 Å². The van der Waals surface area contributed by atoms with Crippen molar-refractivity contribution in [3.05, 3.63) is 47.9 Å². The Morgan fingerprint density at radius 2 is 1.93 bits per heavy atom. The second-order valence-corrected chi connectivity index (χ2v) is 11.9. The number of aliphatic hydroxyl groups is 1. The van der Waals surface area contributed by atoms with Crippen molar-refractivity contribution in [2.45, 2.75) is 63.5 Å². The highest BCUT2D eigenvalue weighted by atomic mass is 19.3. The third-order valence-corrected chi connectivity index (χ3v) is 7.76. The third kappa shape index (κ3) is 4.54. The molecule has 2 N–H and O–H groups in total. The summed E-state index contributed by atoms with van der Waals surface area (Å²) >= 11 is 0. The number of hydrogen-bond acceptors (Lipinski definition) is 9. The van der Waals surface area contributed by atoms with Gasteiger partial charge in [-0.25, -0.2) is 23.7 Å². The number of aryl methyl sites for hydroxylation is 1. The van der Waals surface area contributed by atoms with Crippen molar-refractivity contribution in [2.24, 2.45) is 7.05 Å². The van der Waals surface area contributed by atoms with Crippen LogP contribution >= 0.6 is 0 Å². The number of aliphatic hydroxyl groups excluding tert-OH is 1. The van der Waals surface area contributed by atoms with Crippen molar-refractivity contribution in [3.63, 3.8) is 0 Å². The van der Waals surface area contributed by atoms with Crippen molar-refractivity contribution in [2.75, 3.05) is 18.5 Å². The molecule has 1 saturated heterocycles. The minimum absolute atomic E-state index is 0.0872. The Labute approximate surface area is 239 Å². The van der Waals surface area contributed by atoms with E-state index in [0.29, 0.717) is 29.7 Å². The molecule has 2 fully saturated rings. The first-order chi connectivity index (χ1) is 20.1. The Bertz CT molecular complexity index is 1800. The zero-order chi connectivity index (χ0) is 29.3. The van der Waals surface area contributed by atoms with Crippen LogP contribution in [-0.4, -0.2) is 63.1 Å². The van der Waals surface area contributed by atoms with Crippen molar-refractivity contribution in [1.29, 1.82) is 0 Å². The van der Waals surface area contributed by atoms with Crippen LogP contribution in [0.25, 0.3) is 16.8 Å². The van der Waals surface area contributed by atoms with E-state index < -0.39 is 12.5 Å². The fourth-order valence-electron chi connectivity index (χ4n) is 5.44. The molecule has 1 saturated carbocycles. The number of pyridine rings is 1. The van der Waals surface area contributed by atoms with E-state index in [1.165, 1.54) is 17.0 Å². The molecule has 5 aromatic rings. The largest absolute Gasteiger partial charge is 0.452 e. The molecule has 1 aliphatic carbocycles. The SMILES string of the molecule is Cn1c(Nc2cc(C(C)(C)C)n([C@H]3COC[C@@H]3O)n2)nc2ncc(Oc3cnc4cnc(C5CC5)n4c3)c(C(F)F)c21. The highest BCUT2D eigenvalue weighted by Crippen LogP contribution is 2.41. The molecule has 0 unspecified atom stereocenters. The number of rotatable bonds is 7. The first kappa shape index (κ1) is 26.7. The number of anilines is 2. The lowest BCUT2D eigenvalue weighted by Crippen LogP contribution is -2.28. The number of nitrogens with zero attached hydrogens (tertiary/aromatic N) is 8. The highest BCUT2D eigenvalue weighted by Gasteiger charge is 2.34. The first-order valence-electron chi connectivity index (χ1n) is 13.9. The number of nitrogens with one attached hydrogen (secondary N) is 1. The molecule has 7 rings (SSSR count). The van der Waals surface area contributed by atoms with E-state index in [2.05, 4.69) is 46.0 Å². The molecule has 0 aromatic carbocycles. The second-order valence-electron chi connectivity index (χ2n) is 11.9. The number of fused-ring (bicyclic) bond motifs is 2. The number of ether oxygens (including phenoxy) is 2. The summed E-state index contributed by atoms with van der Waals surface area (Å²) < 4.78 is 45.7. The summed E-state index contributed by atoms with van der Waals surface area (Å²) in [6.07, 6.45) is 4.72. The van der Waals surface area contributed by atoms with E-state index >= 15 is 0 Å². The maximum Gasteiger partial charge on any atom is 0.269 e. The molecular weight excluding hydrogens is 548 g/mol. The molecule has 0 bridgehead atoms. The Hall–Kier alpha value is -4.17. The molecule has 1 aliphatic heterocycles. The number of alkyl halides is 2. The van der Waals surface area contributed by atoms with Gasteiger partial charge >= 0.3 is 0 Å². The van der Waals surface area contributed by atoms with Crippen LogP contribution in [0.1, 0.15) is 69.1 Å². The minimum Gasteiger partial charge on any atom is -0.452 e. The molecule has 2 atom stereocenters. The lowest BCUT2D eigenvalue weighted by Gasteiger charge is -2.24. The van der Waals surface area contributed by atoms with Crippen molar-refractivity contribution >= 4 is 28.6 Å². The van der Waals surface area contributed by atoms with Gasteiger partial charge in [-0.2, -0.15) is 10.1 Å². The Morgan fingerprint density at radius 1 is 1.12 bits per heavy atom. The van der Waals surface area contributed by atoms with Crippen LogP contribution in [0.3, 0.4) is 0 Å². The van der Waals surface area contributed by atoms with Crippen LogP contribution < -0.4 is 10.1 Å². The Balaban J connectivity index is 1.24. The molecule has 0 amide bonds. The summed E-state index contributed by atoms with van der Waals surface area (Å²) in [5.41, 5.74) is 1.21. The quantitative estimate of drug-likeness (QED) is 0.280. The smallest absolute Gasteiger partial charge is 0.269 e. The molecular formula is C28H31F2N9O3. The van der Waals surface area contributed by atoms with Gasteiger partial charge < -0.3 is 24.5 Å². The number of aromatic nitrogens is 8. The van der Waals surface area contributed by atoms with Gasteiger partial charge in [-0.3, -0.25) is 9.08 Å². The van der Waals surface area contributed by atoms with E-state index in [1.807, 2.05) is 10.5 Å². The van der Waals surface area contributed by atoms with Crippen LogP contribution in [0, 0.1) is 0 Å². The van der Waals surface area contributed by atoms with Crippen LogP contribution in [0.15, 0.2) is 30.9 Å². The van der Waals surface area contributed by atoms with E-state index in [0.717, 1.165) is 24.4 Å². The van der Waals surface area contributed by atoms with Gasteiger partial charge in [-0.15, -0.1) is 0 Å². The normalized spacial score (nSPS) is 19.4. The van der Waals surface area contributed by atoms with Crippen molar-refractivity contribution in [1.82, 2.24) is 38.7 Å². The zero-order valence-corrected chi connectivity index (χ0v) is 23.6. The summed E-state index contributed by atoms with van der Waals surface area (Å²) in [6.45, 7) is 6.73. The Morgan fingerprint density at radius 3 is 2.62 bits per heavy atom. The van der Waals surface area contributed by atoms with Crippen LogP contribution in [0.4, 0.5) is 20.5 Å². The average molecular weight is 580 g/mol. The van der Waals surface area contributed by atoms with E-state index in [-0.39, 0.29) is 46.5 Å². The summed E-state index contributed by atoms with van der Waals surface area (Å²) in [5.74, 6) is 2.21. The second kappa shape index (κ2) is 9.70. The van der Waals surface area contributed by atoms with Crippen LogP contribution in [0.5, 0.6) is 11.5 Å². The molecule has 14 heteroatoms. The first-order valence-corrected chi connectivity index (χ1v) is 13.9. The van der Waals surface area contributed by atoms with Crippen molar-refractivity contribution in [3.8, 4) is 11.5 Å².